The number of aryl methyl sites for hydroxylation is 1. The molecule has 0 aromatic heterocycles. The number of hydrogen-bond donors (Lipinski definition) is 0. The van der Waals surface area contributed by atoms with Crippen LogP contribution in [-0.4, -0.2) is 12.6 Å². The highest BCUT2D eigenvalue weighted by Crippen LogP contribution is 2.30. The third kappa shape index (κ3) is 6.55. The summed E-state index contributed by atoms with van der Waals surface area (Å²) in [6.45, 7) is 11.4. The van der Waals surface area contributed by atoms with Crippen molar-refractivity contribution in [2.75, 3.05) is 6.61 Å². The second-order valence-corrected chi connectivity index (χ2v) is 8.06. The number of ether oxygens (including phenoxy) is 2. The summed E-state index contributed by atoms with van der Waals surface area (Å²) in [7, 11) is 0. The lowest BCUT2D eigenvalue weighted by molar-refractivity contribution is -0.137. The van der Waals surface area contributed by atoms with E-state index in [1.807, 2.05) is 68.4 Å². The van der Waals surface area contributed by atoms with Crippen LogP contribution in [0.2, 0.25) is 0 Å². The van der Waals surface area contributed by atoms with E-state index in [-0.39, 0.29) is 5.82 Å². The predicted molar refractivity (Wildman–Crippen MR) is 136 cm³/mol. The molecule has 0 bridgehead atoms. The second kappa shape index (κ2) is 11.8. The van der Waals surface area contributed by atoms with E-state index in [0.29, 0.717) is 23.7 Å². The largest absolute Gasteiger partial charge is 0.463 e. The van der Waals surface area contributed by atoms with Crippen molar-refractivity contribution in [2.24, 2.45) is 0 Å². The zero-order chi connectivity index (χ0) is 24.5. The van der Waals surface area contributed by atoms with Gasteiger partial charge in [0.05, 0.1) is 6.61 Å². The third-order valence-corrected chi connectivity index (χ3v) is 5.35. The molecular formula is C30H29FO3. The van der Waals surface area contributed by atoms with Gasteiger partial charge in [0, 0.05) is 11.6 Å². The van der Waals surface area contributed by atoms with E-state index in [1.165, 1.54) is 0 Å². The van der Waals surface area contributed by atoms with Gasteiger partial charge in [-0.2, -0.15) is 0 Å². The molecule has 174 valence electrons. The van der Waals surface area contributed by atoms with E-state index < -0.39 is 5.97 Å². The Morgan fingerprint density at radius 3 is 2.12 bits per heavy atom. The number of hydrogen-bond acceptors (Lipinski definition) is 3. The Labute approximate surface area is 200 Å². The Bertz CT molecular complexity index is 1180. The van der Waals surface area contributed by atoms with Gasteiger partial charge < -0.3 is 9.47 Å². The highest BCUT2D eigenvalue weighted by Gasteiger charge is 2.09. The van der Waals surface area contributed by atoms with E-state index >= 15 is 0 Å². The first-order chi connectivity index (χ1) is 16.4. The summed E-state index contributed by atoms with van der Waals surface area (Å²) >= 11 is 0. The molecule has 0 atom stereocenters. The smallest absolute Gasteiger partial charge is 0.330 e. The minimum atomic E-state index is -0.407. The number of halogens is 1. The summed E-state index contributed by atoms with van der Waals surface area (Å²) in [5.74, 6) is 0.701. The van der Waals surface area contributed by atoms with Gasteiger partial charge in [-0.15, -0.1) is 0 Å². The maximum atomic E-state index is 15.0. The van der Waals surface area contributed by atoms with Crippen LogP contribution in [0.5, 0.6) is 5.75 Å². The third-order valence-electron chi connectivity index (χ3n) is 5.35. The first-order valence-corrected chi connectivity index (χ1v) is 11.2. The first kappa shape index (κ1) is 24.7. The molecule has 3 aromatic rings. The standard InChI is InChI=1S/C30H29FO3/c1-5-29(21(3)4)34-26-16-13-24(14-17-26)27-18-15-25(20-28(27)31)23-11-9-22(10-12-23)8-7-19-33-30(32)6-2/h5-6,9-18,20H,1-2,7-8,19H2,3-4H3. The molecule has 0 aliphatic rings. The van der Waals surface area contributed by atoms with E-state index in [9.17, 15) is 9.18 Å². The summed E-state index contributed by atoms with van der Waals surface area (Å²) in [4.78, 5) is 11.1. The van der Waals surface area contributed by atoms with Gasteiger partial charge in [-0.05, 0) is 78.8 Å². The normalized spacial score (nSPS) is 10.3. The Morgan fingerprint density at radius 2 is 1.53 bits per heavy atom. The van der Waals surface area contributed by atoms with Crippen molar-refractivity contribution in [3.63, 3.8) is 0 Å². The molecule has 0 aliphatic heterocycles. The van der Waals surface area contributed by atoms with Crippen LogP contribution in [0, 0.1) is 5.82 Å². The summed E-state index contributed by atoms with van der Waals surface area (Å²) in [5, 5.41) is 0. The molecule has 0 saturated carbocycles. The van der Waals surface area contributed by atoms with Crippen LogP contribution in [0.4, 0.5) is 4.39 Å². The van der Waals surface area contributed by atoms with Gasteiger partial charge in [0.2, 0.25) is 0 Å². The molecule has 0 aliphatic carbocycles. The van der Waals surface area contributed by atoms with Crippen LogP contribution in [0.1, 0.15) is 25.8 Å². The van der Waals surface area contributed by atoms with Gasteiger partial charge in [0.15, 0.2) is 0 Å². The first-order valence-electron chi connectivity index (χ1n) is 11.2. The number of benzene rings is 3. The highest BCUT2D eigenvalue weighted by molar-refractivity contribution is 5.81. The quantitative estimate of drug-likeness (QED) is 0.103. The van der Waals surface area contributed by atoms with Gasteiger partial charge >= 0.3 is 5.97 Å². The van der Waals surface area contributed by atoms with Crippen LogP contribution in [-0.2, 0) is 16.0 Å². The Kier molecular flexibility index (Phi) is 8.58. The Hall–Kier alpha value is -3.92. The van der Waals surface area contributed by atoms with Gasteiger partial charge in [0.1, 0.15) is 17.3 Å². The molecule has 3 nitrogen and oxygen atoms in total. The van der Waals surface area contributed by atoms with Gasteiger partial charge in [-0.3, -0.25) is 0 Å². The van der Waals surface area contributed by atoms with Gasteiger partial charge in [0.25, 0.3) is 0 Å². The lowest BCUT2D eigenvalue weighted by Gasteiger charge is -2.11. The average Bonchev–Trinajstić information content (AvgIpc) is 2.85. The molecule has 0 heterocycles. The number of allylic oxidation sites excluding steroid dienone is 2. The number of rotatable bonds is 10. The fourth-order valence-corrected chi connectivity index (χ4v) is 3.48. The maximum absolute atomic E-state index is 15.0. The molecular weight excluding hydrogens is 427 g/mol. The minimum absolute atomic E-state index is 0.282. The van der Waals surface area contributed by atoms with E-state index in [4.69, 9.17) is 9.47 Å². The van der Waals surface area contributed by atoms with E-state index in [1.54, 1.807) is 18.2 Å². The van der Waals surface area contributed by atoms with Crippen molar-refractivity contribution in [3.05, 3.63) is 115 Å². The molecule has 0 spiro atoms. The van der Waals surface area contributed by atoms with Crippen molar-refractivity contribution in [1.82, 2.24) is 0 Å². The van der Waals surface area contributed by atoms with Crippen LogP contribution in [0.15, 0.2) is 103 Å². The summed E-state index contributed by atoms with van der Waals surface area (Å²) in [6.07, 6.45) is 4.36. The molecule has 0 radical (unpaired) electrons. The molecule has 0 amide bonds. The van der Waals surface area contributed by atoms with Crippen LogP contribution < -0.4 is 4.74 Å². The van der Waals surface area contributed by atoms with Gasteiger partial charge in [-0.25, -0.2) is 9.18 Å². The molecule has 34 heavy (non-hydrogen) atoms. The molecule has 0 unspecified atom stereocenters. The fourth-order valence-electron chi connectivity index (χ4n) is 3.48. The van der Waals surface area contributed by atoms with Crippen molar-refractivity contribution in [3.8, 4) is 28.0 Å². The van der Waals surface area contributed by atoms with Crippen molar-refractivity contribution < 1.29 is 18.7 Å². The molecule has 4 heteroatoms. The van der Waals surface area contributed by atoms with Gasteiger partial charge in [-0.1, -0.05) is 61.7 Å². The molecule has 3 aromatic carbocycles. The Morgan fingerprint density at radius 1 is 0.882 bits per heavy atom. The number of esters is 1. The molecule has 0 fully saturated rings. The zero-order valence-electron chi connectivity index (χ0n) is 19.6. The van der Waals surface area contributed by atoms with Crippen molar-refractivity contribution >= 4 is 5.97 Å². The van der Waals surface area contributed by atoms with Crippen LogP contribution in [0.3, 0.4) is 0 Å². The summed E-state index contributed by atoms with van der Waals surface area (Å²) < 4.78 is 25.8. The summed E-state index contributed by atoms with van der Waals surface area (Å²) in [6, 6.07) is 20.6. The average molecular weight is 457 g/mol. The topological polar surface area (TPSA) is 35.5 Å². The number of carbonyl (C=O) groups is 1. The zero-order valence-corrected chi connectivity index (χ0v) is 19.6. The monoisotopic (exact) mass is 456 g/mol. The van der Waals surface area contributed by atoms with E-state index in [0.717, 1.165) is 46.7 Å². The van der Waals surface area contributed by atoms with Crippen LogP contribution in [0.25, 0.3) is 22.3 Å². The lowest BCUT2D eigenvalue weighted by Crippen LogP contribution is -2.02. The number of carbonyl (C=O) groups excluding carboxylic acids is 1. The molecule has 0 N–H and O–H groups in total. The lowest BCUT2D eigenvalue weighted by atomic mass is 9.98. The molecule has 0 saturated heterocycles. The summed E-state index contributed by atoms with van der Waals surface area (Å²) in [5.41, 5.74) is 5.23. The van der Waals surface area contributed by atoms with Crippen molar-refractivity contribution in [1.29, 1.82) is 0 Å². The molecule has 3 rings (SSSR count). The van der Waals surface area contributed by atoms with Crippen molar-refractivity contribution in [2.45, 2.75) is 26.7 Å². The fraction of sp³-hybridized carbons (Fsp3) is 0.167. The minimum Gasteiger partial charge on any atom is -0.463 e. The Balaban J connectivity index is 1.67. The SMILES string of the molecule is C=CC(=O)OCCCc1ccc(-c2ccc(-c3ccc(OC(C=C)=C(C)C)cc3)c(F)c2)cc1. The second-order valence-electron chi connectivity index (χ2n) is 8.06. The van der Waals surface area contributed by atoms with Crippen LogP contribution >= 0.6 is 0 Å². The van der Waals surface area contributed by atoms with E-state index in [2.05, 4.69) is 13.2 Å². The maximum Gasteiger partial charge on any atom is 0.330 e. The highest BCUT2D eigenvalue weighted by atomic mass is 19.1. The predicted octanol–water partition coefficient (Wildman–Crippen LogP) is 7.68.